The first-order chi connectivity index (χ1) is 13.3. The van der Waals surface area contributed by atoms with Crippen molar-refractivity contribution < 1.29 is 24.2 Å². The highest BCUT2D eigenvalue weighted by atomic mass is 79.9. The molecule has 2 amide bonds. The molecule has 144 valence electrons. The number of aliphatic carboxylic acids is 1. The normalized spacial score (nSPS) is 15.4. The van der Waals surface area contributed by atoms with Gasteiger partial charge in [-0.2, -0.15) is 0 Å². The summed E-state index contributed by atoms with van der Waals surface area (Å²) in [7, 11) is 0. The van der Waals surface area contributed by atoms with Crippen molar-refractivity contribution in [3.8, 4) is 5.75 Å². The molecule has 3 rings (SSSR count). The first kappa shape index (κ1) is 20.6. The molecule has 1 heterocycles. The Morgan fingerprint density at radius 1 is 1.14 bits per heavy atom. The number of rotatable bonds is 6. The minimum absolute atomic E-state index is 0.169. The largest absolute Gasteiger partial charge is 0.481 e. The molecule has 1 aliphatic heterocycles. The van der Waals surface area contributed by atoms with Gasteiger partial charge in [0.05, 0.1) is 11.4 Å². The van der Waals surface area contributed by atoms with E-state index in [-0.39, 0.29) is 16.7 Å². The van der Waals surface area contributed by atoms with Crippen molar-refractivity contribution in [2.24, 2.45) is 0 Å². The van der Waals surface area contributed by atoms with E-state index >= 15 is 0 Å². The van der Waals surface area contributed by atoms with Gasteiger partial charge in [0, 0.05) is 14.5 Å². The number of nitrogens with zero attached hydrogens (tertiary/aromatic N) is 1. The zero-order valence-corrected chi connectivity index (χ0v) is 18.2. The molecule has 0 saturated carbocycles. The molecule has 0 radical (unpaired) electrons. The van der Waals surface area contributed by atoms with Crippen molar-refractivity contribution in [3.63, 3.8) is 0 Å². The maximum Gasteiger partial charge on any atom is 0.341 e. The molecule has 1 saturated heterocycles. The van der Waals surface area contributed by atoms with Crippen LogP contribution in [0.1, 0.15) is 11.1 Å². The van der Waals surface area contributed by atoms with E-state index in [0.29, 0.717) is 11.3 Å². The highest BCUT2D eigenvalue weighted by molar-refractivity contribution is 9.10. The Bertz CT molecular complexity index is 992. The Morgan fingerprint density at radius 2 is 1.89 bits per heavy atom. The molecule has 2 aromatic rings. The second-order valence-corrected chi connectivity index (χ2v) is 8.59. The molecule has 9 heteroatoms. The zero-order valence-electron chi connectivity index (χ0n) is 14.2. The SMILES string of the molecule is O=C(O)COc1ccc(Br)cc1/C=C1/SC(=O)N(Cc2cccc(Br)c2)C1=O. The van der Waals surface area contributed by atoms with Crippen LogP contribution in [-0.2, 0) is 16.1 Å². The van der Waals surface area contributed by atoms with Gasteiger partial charge in [0.25, 0.3) is 11.1 Å². The molecule has 2 aromatic carbocycles. The molecule has 1 N–H and O–H groups in total. The standard InChI is InChI=1S/C19H13Br2NO5S/c20-13-3-1-2-11(6-13)9-22-18(25)16(28-19(22)26)8-12-7-14(21)4-5-15(12)27-10-17(23)24/h1-8H,9-10H2,(H,23,24)/b16-8+. The number of carbonyl (C=O) groups excluding carboxylic acids is 2. The van der Waals surface area contributed by atoms with Crippen molar-refractivity contribution in [1.82, 2.24) is 4.90 Å². The van der Waals surface area contributed by atoms with Crippen LogP contribution in [0.5, 0.6) is 5.75 Å². The minimum Gasteiger partial charge on any atom is -0.481 e. The van der Waals surface area contributed by atoms with Crippen molar-refractivity contribution in [3.05, 3.63) is 67.4 Å². The Hall–Kier alpha value is -2.10. The fraction of sp³-hybridized carbons (Fsp3) is 0.105. The lowest BCUT2D eigenvalue weighted by molar-refractivity contribution is -0.139. The molecule has 6 nitrogen and oxygen atoms in total. The van der Waals surface area contributed by atoms with Crippen LogP contribution in [-0.4, -0.2) is 33.7 Å². The van der Waals surface area contributed by atoms with Crippen molar-refractivity contribution in [1.29, 1.82) is 0 Å². The first-order valence-electron chi connectivity index (χ1n) is 7.97. The Kier molecular flexibility index (Phi) is 6.58. The van der Waals surface area contributed by atoms with Crippen LogP contribution in [0.4, 0.5) is 4.79 Å². The molecule has 28 heavy (non-hydrogen) atoms. The highest BCUT2D eigenvalue weighted by Crippen LogP contribution is 2.35. The summed E-state index contributed by atoms with van der Waals surface area (Å²) in [5.74, 6) is -1.20. The summed E-state index contributed by atoms with van der Waals surface area (Å²) in [4.78, 5) is 37.3. The predicted octanol–water partition coefficient (Wildman–Crippen LogP) is 4.91. The van der Waals surface area contributed by atoms with Gasteiger partial charge >= 0.3 is 5.97 Å². The molecule has 1 aliphatic rings. The van der Waals surface area contributed by atoms with Crippen LogP contribution >= 0.6 is 43.6 Å². The summed E-state index contributed by atoms with van der Waals surface area (Å²) in [5, 5.41) is 8.45. The third kappa shape index (κ3) is 5.03. The van der Waals surface area contributed by atoms with Crippen LogP contribution < -0.4 is 4.74 Å². The smallest absolute Gasteiger partial charge is 0.341 e. The van der Waals surface area contributed by atoms with E-state index in [2.05, 4.69) is 31.9 Å². The van der Waals surface area contributed by atoms with Crippen molar-refractivity contribution in [2.45, 2.75) is 6.54 Å². The number of benzene rings is 2. The van der Waals surface area contributed by atoms with Gasteiger partial charge in [0.1, 0.15) is 5.75 Å². The molecular formula is C19H13Br2NO5S. The monoisotopic (exact) mass is 525 g/mol. The number of carboxylic acid groups (broad SMARTS) is 1. The molecule has 0 aliphatic carbocycles. The molecule has 0 unspecified atom stereocenters. The molecule has 0 spiro atoms. The van der Waals surface area contributed by atoms with E-state index in [0.717, 1.165) is 26.3 Å². The second-order valence-electron chi connectivity index (χ2n) is 5.76. The van der Waals surface area contributed by atoms with Crippen LogP contribution in [0.15, 0.2) is 56.3 Å². The van der Waals surface area contributed by atoms with Crippen molar-refractivity contribution in [2.75, 3.05) is 6.61 Å². The van der Waals surface area contributed by atoms with Gasteiger partial charge in [-0.05, 0) is 53.7 Å². The van der Waals surface area contributed by atoms with E-state index < -0.39 is 18.5 Å². The van der Waals surface area contributed by atoms with Crippen LogP contribution in [0.2, 0.25) is 0 Å². The fourth-order valence-corrected chi connectivity index (χ4v) is 4.15. The second kappa shape index (κ2) is 8.93. The number of halogens is 2. The summed E-state index contributed by atoms with van der Waals surface area (Å²) < 4.78 is 6.87. The number of hydrogen-bond donors (Lipinski definition) is 1. The lowest BCUT2D eigenvalue weighted by Crippen LogP contribution is -2.27. The van der Waals surface area contributed by atoms with E-state index in [4.69, 9.17) is 9.84 Å². The van der Waals surface area contributed by atoms with Gasteiger partial charge in [0.2, 0.25) is 0 Å². The number of amides is 2. The molecule has 0 aromatic heterocycles. The number of carbonyl (C=O) groups is 3. The summed E-state index contributed by atoms with van der Waals surface area (Å²) in [6.45, 7) is -0.338. The van der Waals surface area contributed by atoms with E-state index in [1.165, 1.54) is 11.0 Å². The van der Waals surface area contributed by atoms with Crippen LogP contribution in [0.3, 0.4) is 0 Å². The van der Waals surface area contributed by atoms with E-state index in [1.807, 2.05) is 24.3 Å². The number of carboxylic acids is 1. The predicted molar refractivity (Wildman–Crippen MR) is 113 cm³/mol. The van der Waals surface area contributed by atoms with E-state index in [1.54, 1.807) is 18.2 Å². The summed E-state index contributed by atoms with van der Waals surface area (Å²) in [6, 6.07) is 12.4. The summed E-state index contributed by atoms with van der Waals surface area (Å²) in [6.07, 6.45) is 1.54. The Labute approximate surface area is 181 Å². The molecule has 0 bridgehead atoms. The number of imide groups is 1. The quantitative estimate of drug-likeness (QED) is 0.538. The van der Waals surface area contributed by atoms with Gasteiger partial charge in [-0.25, -0.2) is 4.79 Å². The number of ether oxygens (including phenoxy) is 1. The number of thioether (sulfide) groups is 1. The van der Waals surface area contributed by atoms with Gasteiger partial charge in [-0.3, -0.25) is 14.5 Å². The highest BCUT2D eigenvalue weighted by Gasteiger charge is 2.35. The minimum atomic E-state index is -1.11. The van der Waals surface area contributed by atoms with Gasteiger partial charge in [-0.15, -0.1) is 0 Å². The van der Waals surface area contributed by atoms with Gasteiger partial charge in [-0.1, -0.05) is 44.0 Å². The summed E-state index contributed by atoms with van der Waals surface area (Å²) >= 11 is 7.55. The van der Waals surface area contributed by atoms with Gasteiger partial charge < -0.3 is 9.84 Å². The molecule has 0 atom stereocenters. The molecule has 1 fully saturated rings. The van der Waals surface area contributed by atoms with E-state index in [9.17, 15) is 14.4 Å². The van der Waals surface area contributed by atoms with Crippen molar-refractivity contribution >= 4 is 66.8 Å². The maximum absolute atomic E-state index is 12.7. The first-order valence-corrected chi connectivity index (χ1v) is 10.4. The van der Waals surface area contributed by atoms with Crippen LogP contribution in [0, 0.1) is 0 Å². The topological polar surface area (TPSA) is 83.9 Å². The lowest BCUT2D eigenvalue weighted by atomic mass is 10.1. The maximum atomic E-state index is 12.7. The fourth-order valence-electron chi connectivity index (χ4n) is 2.50. The van der Waals surface area contributed by atoms with Crippen LogP contribution in [0.25, 0.3) is 6.08 Å². The summed E-state index contributed by atoms with van der Waals surface area (Å²) in [5.41, 5.74) is 1.33. The number of hydrogen-bond acceptors (Lipinski definition) is 5. The average Bonchev–Trinajstić information content (AvgIpc) is 2.88. The van der Waals surface area contributed by atoms with Gasteiger partial charge in [0.15, 0.2) is 6.61 Å². The third-order valence-corrected chi connectivity index (χ3v) is 5.61. The average molecular weight is 527 g/mol. The Balaban J connectivity index is 1.85. The lowest BCUT2D eigenvalue weighted by Gasteiger charge is -2.12. The Morgan fingerprint density at radius 3 is 2.61 bits per heavy atom. The molecular weight excluding hydrogens is 514 g/mol. The zero-order chi connectivity index (χ0) is 20.3. The third-order valence-electron chi connectivity index (χ3n) is 3.71.